The minimum atomic E-state index is -0.844. The number of aromatic nitrogens is 2. The predicted molar refractivity (Wildman–Crippen MR) is 176 cm³/mol. The first kappa shape index (κ1) is 29.2. The van der Waals surface area contributed by atoms with Gasteiger partial charge in [-0.2, -0.15) is 0 Å². The van der Waals surface area contributed by atoms with Gasteiger partial charge in [-0.25, -0.2) is 23.1 Å². The maximum absolute atomic E-state index is 17.1. The number of piperazine rings is 1. The van der Waals surface area contributed by atoms with E-state index in [1.54, 1.807) is 24.3 Å². The second-order valence-electron chi connectivity index (χ2n) is 12.9. The summed E-state index contributed by atoms with van der Waals surface area (Å²) in [4.78, 5) is 14.3. The highest BCUT2D eigenvalue weighted by molar-refractivity contribution is 7.99. The molecular formula is C34H32ClF3N6S. The number of nitrogens with one attached hydrogen (secondary N) is 1. The molecule has 45 heavy (non-hydrogen) atoms. The fourth-order valence-electron chi connectivity index (χ4n) is 8.13. The second kappa shape index (κ2) is 10.9. The Bertz CT molecular complexity index is 1900. The molecule has 0 aliphatic carbocycles. The Morgan fingerprint density at radius 2 is 1.93 bits per heavy atom. The first-order valence-electron chi connectivity index (χ1n) is 15.4. The van der Waals surface area contributed by atoms with Crippen molar-refractivity contribution in [1.82, 2.24) is 20.2 Å². The van der Waals surface area contributed by atoms with Gasteiger partial charge in [-0.3, -0.25) is 4.90 Å². The summed E-state index contributed by atoms with van der Waals surface area (Å²) in [5.74, 6) is 2.45. The monoisotopic (exact) mass is 648 g/mol. The van der Waals surface area contributed by atoms with Gasteiger partial charge in [-0.05, 0) is 73.9 Å². The number of hydrogen-bond acceptors (Lipinski definition) is 7. The smallest absolute Gasteiger partial charge is 0.190 e. The summed E-state index contributed by atoms with van der Waals surface area (Å²) < 4.78 is 46.5. The molecule has 5 heterocycles. The lowest BCUT2D eigenvalue weighted by Crippen LogP contribution is -2.51. The molecule has 2 bridgehead atoms. The van der Waals surface area contributed by atoms with Crippen molar-refractivity contribution in [3.8, 4) is 23.5 Å². The van der Waals surface area contributed by atoms with E-state index in [4.69, 9.17) is 33.7 Å². The Hall–Kier alpha value is -3.23. The van der Waals surface area contributed by atoms with Gasteiger partial charge in [0.25, 0.3) is 0 Å². The molecule has 2 unspecified atom stereocenters. The van der Waals surface area contributed by atoms with Gasteiger partial charge in [0.05, 0.1) is 10.6 Å². The molecule has 11 heteroatoms. The van der Waals surface area contributed by atoms with E-state index in [0.29, 0.717) is 69.2 Å². The van der Waals surface area contributed by atoms with E-state index in [9.17, 15) is 8.78 Å². The molecule has 4 aliphatic rings. The van der Waals surface area contributed by atoms with Crippen molar-refractivity contribution < 1.29 is 13.2 Å². The summed E-state index contributed by atoms with van der Waals surface area (Å²) in [5, 5.41) is 5.65. The fourth-order valence-corrected chi connectivity index (χ4v) is 9.58. The number of hydrogen-bond donors (Lipinski definition) is 2. The molecule has 8 rings (SSSR count). The largest absolute Gasteiger partial charge is 0.399 e. The second-order valence-corrected chi connectivity index (χ2v) is 14.3. The first-order chi connectivity index (χ1) is 21.7. The van der Waals surface area contributed by atoms with Crippen molar-refractivity contribution in [3.63, 3.8) is 0 Å². The normalized spacial score (nSPS) is 26.2. The fraction of sp³-hybridized carbons (Fsp3) is 0.412. The van der Waals surface area contributed by atoms with Crippen LogP contribution in [0.25, 0.3) is 32.8 Å². The van der Waals surface area contributed by atoms with Gasteiger partial charge in [0.1, 0.15) is 23.3 Å². The Morgan fingerprint density at radius 1 is 1.13 bits per heavy atom. The molecule has 6 nitrogen and oxygen atoms in total. The lowest BCUT2D eigenvalue weighted by atomic mass is 9.92. The summed E-state index contributed by atoms with van der Waals surface area (Å²) in [6, 6.07) is 8.46. The first-order valence-corrected chi connectivity index (χ1v) is 16.8. The molecule has 4 aromatic rings. The average Bonchev–Trinajstić information content (AvgIpc) is 3.66. The molecule has 4 atom stereocenters. The van der Waals surface area contributed by atoms with Crippen LogP contribution < -0.4 is 16.0 Å². The van der Waals surface area contributed by atoms with Crippen molar-refractivity contribution in [3.05, 3.63) is 52.6 Å². The molecule has 3 N–H and O–H groups in total. The number of anilines is 2. The number of nitrogens with zero attached hydrogens (tertiary/aromatic N) is 4. The van der Waals surface area contributed by atoms with Crippen LogP contribution >= 0.6 is 23.4 Å². The van der Waals surface area contributed by atoms with Crippen LogP contribution in [-0.4, -0.2) is 70.6 Å². The van der Waals surface area contributed by atoms with Gasteiger partial charge in [0.15, 0.2) is 11.0 Å². The molecule has 0 radical (unpaired) electrons. The third-order valence-corrected chi connectivity index (χ3v) is 11.5. The van der Waals surface area contributed by atoms with Gasteiger partial charge in [0.2, 0.25) is 0 Å². The van der Waals surface area contributed by atoms with Crippen molar-refractivity contribution >= 4 is 56.5 Å². The lowest BCUT2D eigenvalue weighted by Gasteiger charge is -2.34. The molecule has 0 amide bonds. The highest BCUT2D eigenvalue weighted by atomic mass is 35.5. The average molecular weight is 649 g/mol. The molecule has 1 aromatic heterocycles. The van der Waals surface area contributed by atoms with E-state index >= 15 is 4.39 Å². The van der Waals surface area contributed by atoms with Gasteiger partial charge in [-0.1, -0.05) is 35.3 Å². The Kier molecular flexibility index (Phi) is 7.10. The molecule has 0 saturated carbocycles. The Labute approximate surface area is 268 Å². The zero-order valence-corrected chi connectivity index (χ0v) is 26.1. The van der Waals surface area contributed by atoms with Crippen molar-refractivity contribution in [2.75, 3.05) is 42.6 Å². The molecule has 0 spiro atoms. The zero-order valence-electron chi connectivity index (χ0n) is 24.6. The SMILES string of the molecule is C#Cc1c(F)ccc2cc(N)cc(-c3c(Cl)cc4c(N5CC6CCC(C5)N6)nc(SC[C@@]56CCCN5C[C@H](F)C6)nc4c3F)c12. The minimum Gasteiger partial charge on any atom is -0.399 e. The van der Waals surface area contributed by atoms with Crippen molar-refractivity contribution in [2.45, 2.75) is 61.1 Å². The summed E-state index contributed by atoms with van der Waals surface area (Å²) in [6.07, 6.45) is 9.49. The van der Waals surface area contributed by atoms with E-state index in [1.807, 2.05) is 0 Å². The number of nitrogens with two attached hydrogens (primary N) is 1. The van der Waals surface area contributed by atoms with Crippen LogP contribution in [-0.2, 0) is 0 Å². The Balaban J connectivity index is 1.30. The zero-order chi connectivity index (χ0) is 31.0. The Morgan fingerprint density at radius 3 is 2.71 bits per heavy atom. The molecule has 4 aliphatic heterocycles. The number of terminal acetylenes is 1. The van der Waals surface area contributed by atoms with Gasteiger partial charge >= 0.3 is 0 Å². The number of benzene rings is 3. The number of fused-ring (bicyclic) bond motifs is 5. The molecule has 3 aromatic carbocycles. The minimum absolute atomic E-state index is 0.0112. The highest BCUT2D eigenvalue weighted by Gasteiger charge is 2.48. The molecular weight excluding hydrogens is 617 g/mol. The van der Waals surface area contributed by atoms with Gasteiger partial charge < -0.3 is 16.0 Å². The van der Waals surface area contributed by atoms with E-state index < -0.39 is 17.8 Å². The summed E-state index contributed by atoms with van der Waals surface area (Å²) in [6.45, 7) is 2.82. The summed E-state index contributed by atoms with van der Waals surface area (Å²) in [5.41, 5.74) is 6.87. The third-order valence-electron chi connectivity index (χ3n) is 10.1. The lowest BCUT2D eigenvalue weighted by molar-refractivity contribution is 0.222. The van der Waals surface area contributed by atoms with Crippen LogP contribution in [0.5, 0.6) is 0 Å². The molecule has 4 saturated heterocycles. The molecule has 4 fully saturated rings. The van der Waals surface area contributed by atoms with E-state index in [2.05, 4.69) is 21.0 Å². The van der Waals surface area contributed by atoms with E-state index in [-0.39, 0.29) is 27.2 Å². The van der Waals surface area contributed by atoms with Crippen LogP contribution in [0.15, 0.2) is 35.5 Å². The van der Waals surface area contributed by atoms with Gasteiger partial charge in [0, 0.05) is 65.0 Å². The predicted octanol–water partition coefficient (Wildman–Crippen LogP) is 6.55. The number of nitrogen functional groups attached to an aromatic ring is 1. The van der Waals surface area contributed by atoms with E-state index in [1.165, 1.54) is 17.8 Å². The van der Waals surface area contributed by atoms with Crippen molar-refractivity contribution in [2.24, 2.45) is 0 Å². The van der Waals surface area contributed by atoms with Crippen LogP contribution in [0.2, 0.25) is 5.02 Å². The number of rotatable bonds is 5. The van der Waals surface area contributed by atoms with Crippen LogP contribution in [0.1, 0.15) is 37.7 Å². The quantitative estimate of drug-likeness (QED) is 0.110. The summed E-state index contributed by atoms with van der Waals surface area (Å²) in [7, 11) is 0. The van der Waals surface area contributed by atoms with Gasteiger partial charge in [-0.15, -0.1) is 6.42 Å². The van der Waals surface area contributed by atoms with Crippen LogP contribution in [0, 0.1) is 24.0 Å². The maximum Gasteiger partial charge on any atom is 0.190 e. The maximum atomic E-state index is 17.1. The number of thioether (sulfide) groups is 1. The van der Waals surface area contributed by atoms with Crippen LogP contribution in [0.3, 0.4) is 0 Å². The molecule has 232 valence electrons. The third kappa shape index (κ3) is 4.82. The highest BCUT2D eigenvalue weighted by Crippen LogP contribution is 2.46. The van der Waals surface area contributed by atoms with Crippen molar-refractivity contribution in [1.29, 1.82) is 0 Å². The number of halogens is 4. The number of alkyl halides is 1. The topological polar surface area (TPSA) is 70.3 Å². The van der Waals surface area contributed by atoms with E-state index in [0.717, 1.165) is 45.3 Å². The standard InChI is InChI=1S/C34H32ClF3N6S/c1-2-23-27(37)7-4-18-10-20(39)11-24(28(18)23)29-26(35)12-25-31(30(29)38)41-33(42-32(25)43-15-21-5-6-22(16-43)40-21)45-17-34-8-3-9-44(34)14-19(36)13-34/h1,4,7,10-12,19,21-22,40H,3,5-6,8-9,13-17,39H2/t19-,21?,22?,34+/m1/s1. The summed E-state index contributed by atoms with van der Waals surface area (Å²) >= 11 is 8.37. The van der Waals surface area contributed by atoms with Crippen LogP contribution in [0.4, 0.5) is 24.7 Å².